The molecular formula is C17H28ClN3O3. The Morgan fingerprint density at radius 2 is 1.92 bits per heavy atom. The summed E-state index contributed by atoms with van der Waals surface area (Å²) in [5.74, 6) is 0.402. The summed E-state index contributed by atoms with van der Waals surface area (Å²) < 4.78 is 5.17. The van der Waals surface area contributed by atoms with Crippen molar-refractivity contribution in [2.45, 2.75) is 48.0 Å². The highest BCUT2D eigenvalue weighted by atomic mass is 35.5. The predicted octanol–water partition coefficient (Wildman–Crippen LogP) is 6.03. The largest absolute Gasteiger partial charge is 0.493 e. The molecule has 0 amide bonds. The smallest absolute Gasteiger partial charge is 0.294 e. The molecule has 0 fully saturated rings. The van der Waals surface area contributed by atoms with Gasteiger partial charge >= 0.3 is 0 Å². The van der Waals surface area contributed by atoms with Gasteiger partial charge in [-0.2, -0.15) is 5.10 Å². The molecule has 0 bridgehead atoms. The fourth-order valence-electron chi connectivity index (χ4n) is 1.24. The number of hydrazone groups is 1. The number of halogens is 1. The summed E-state index contributed by atoms with van der Waals surface area (Å²) in [4.78, 5) is 10.3. The number of nitrogens with zero attached hydrogens (tertiary/aromatic N) is 2. The van der Waals surface area contributed by atoms with Crippen molar-refractivity contribution in [1.29, 1.82) is 0 Å². The van der Waals surface area contributed by atoms with Gasteiger partial charge in [-0.05, 0) is 26.0 Å². The van der Waals surface area contributed by atoms with Gasteiger partial charge in [-0.3, -0.25) is 15.5 Å². The number of benzene rings is 1. The van der Waals surface area contributed by atoms with Crippen molar-refractivity contribution in [3.63, 3.8) is 0 Å². The molecule has 0 aliphatic carbocycles. The van der Waals surface area contributed by atoms with Crippen LogP contribution in [0.1, 0.15) is 48.0 Å². The molecule has 24 heavy (non-hydrogen) atoms. The van der Waals surface area contributed by atoms with Crippen LogP contribution in [0, 0.1) is 10.1 Å². The number of nitro groups is 1. The summed E-state index contributed by atoms with van der Waals surface area (Å²) in [5, 5.41) is 15.2. The summed E-state index contributed by atoms with van der Waals surface area (Å²) in [6.07, 6.45) is 1.25. The number of rotatable bonds is 6. The Kier molecular flexibility index (Phi) is 14.6. The quantitative estimate of drug-likeness (QED) is 0.292. The van der Waals surface area contributed by atoms with E-state index in [2.05, 4.69) is 31.0 Å². The number of nitro benzene ring substituents is 1. The number of allylic oxidation sites excluding steroid dienone is 1. The van der Waals surface area contributed by atoms with E-state index in [1.807, 2.05) is 20.8 Å². The van der Waals surface area contributed by atoms with Crippen molar-refractivity contribution in [2.24, 2.45) is 5.10 Å². The molecule has 0 saturated heterocycles. The van der Waals surface area contributed by atoms with Crippen LogP contribution >= 0.6 is 11.6 Å². The zero-order chi connectivity index (χ0) is 19.1. The summed E-state index contributed by atoms with van der Waals surface area (Å²) in [6.45, 7) is 15.9. The summed E-state index contributed by atoms with van der Waals surface area (Å²) in [5.41, 5.74) is 3.19. The van der Waals surface area contributed by atoms with Crippen molar-refractivity contribution in [1.82, 2.24) is 0 Å². The van der Waals surface area contributed by atoms with Gasteiger partial charge in [0.15, 0.2) is 0 Å². The van der Waals surface area contributed by atoms with Gasteiger partial charge in [0, 0.05) is 11.1 Å². The first-order chi connectivity index (χ1) is 11.4. The first-order valence-electron chi connectivity index (χ1n) is 7.93. The molecule has 6 nitrogen and oxygen atoms in total. The average molecular weight is 358 g/mol. The molecule has 0 saturated carbocycles. The lowest BCUT2D eigenvalue weighted by Gasteiger charge is -2.07. The normalized spacial score (nSPS) is 9.71. The summed E-state index contributed by atoms with van der Waals surface area (Å²) in [6, 6.07) is 4.19. The van der Waals surface area contributed by atoms with E-state index in [1.54, 1.807) is 6.92 Å². The van der Waals surface area contributed by atoms with Crippen LogP contribution in [-0.2, 0) is 4.74 Å². The third-order valence-electron chi connectivity index (χ3n) is 2.22. The third kappa shape index (κ3) is 9.84. The molecule has 0 aliphatic rings. The lowest BCUT2D eigenvalue weighted by molar-refractivity contribution is -0.384. The molecule has 0 atom stereocenters. The van der Waals surface area contributed by atoms with Gasteiger partial charge in [-0.15, -0.1) is 0 Å². The van der Waals surface area contributed by atoms with Crippen LogP contribution in [0.2, 0.25) is 5.02 Å². The highest BCUT2D eigenvalue weighted by molar-refractivity contribution is 6.31. The predicted molar refractivity (Wildman–Crippen MR) is 103 cm³/mol. The SMILES string of the molecule is C=C(OCC)/C(C)=N/Nc1cc(Cl)ccc1[N+](=O)[O-].CC.CCC. The van der Waals surface area contributed by atoms with Crippen LogP contribution in [0.3, 0.4) is 0 Å². The first-order valence-corrected chi connectivity index (χ1v) is 8.31. The Morgan fingerprint density at radius 3 is 2.38 bits per heavy atom. The van der Waals surface area contributed by atoms with E-state index in [0.29, 0.717) is 23.1 Å². The van der Waals surface area contributed by atoms with Crippen molar-refractivity contribution in [3.8, 4) is 0 Å². The van der Waals surface area contributed by atoms with Crippen molar-refractivity contribution >= 4 is 28.7 Å². The van der Waals surface area contributed by atoms with Crippen LogP contribution in [0.25, 0.3) is 0 Å². The van der Waals surface area contributed by atoms with E-state index >= 15 is 0 Å². The Bertz CT molecular complexity index is 546. The molecule has 1 N–H and O–H groups in total. The molecular weight excluding hydrogens is 330 g/mol. The highest BCUT2D eigenvalue weighted by Gasteiger charge is 2.13. The lowest BCUT2D eigenvalue weighted by Crippen LogP contribution is -2.05. The van der Waals surface area contributed by atoms with Crippen molar-refractivity contribution < 1.29 is 9.66 Å². The number of ether oxygens (including phenoxy) is 1. The minimum atomic E-state index is -0.513. The Balaban J connectivity index is 0. The number of hydrogen-bond acceptors (Lipinski definition) is 5. The van der Waals surface area contributed by atoms with Crippen LogP contribution < -0.4 is 5.43 Å². The van der Waals surface area contributed by atoms with Gasteiger partial charge in [-0.1, -0.05) is 52.3 Å². The number of nitrogens with one attached hydrogen (secondary N) is 1. The highest BCUT2D eigenvalue weighted by Crippen LogP contribution is 2.27. The maximum Gasteiger partial charge on any atom is 0.294 e. The van der Waals surface area contributed by atoms with E-state index < -0.39 is 4.92 Å². The lowest BCUT2D eigenvalue weighted by atomic mass is 10.3. The van der Waals surface area contributed by atoms with E-state index in [-0.39, 0.29) is 11.4 Å². The van der Waals surface area contributed by atoms with Gasteiger partial charge in [0.05, 0.1) is 17.2 Å². The Morgan fingerprint density at radius 1 is 1.38 bits per heavy atom. The van der Waals surface area contributed by atoms with E-state index in [4.69, 9.17) is 16.3 Å². The van der Waals surface area contributed by atoms with Gasteiger partial charge in [0.25, 0.3) is 5.69 Å². The van der Waals surface area contributed by atoms with Gasteiger partial charge in [0.1, 0.15) is 11.4 Å². The zero-order valence-corrected chi connectivity index (χ0v) is 16.1. The van der Waals surface area contributed by atoms with E-state index in [9.17, 15) is 10.1 Å². The van der Waals surface area contributed by atoms with Gasteiger partial charge in [0.2, 0.25) is 0 Å². The number of hydrogen-bond donors (Lipinski definition) is 1. The molecule has 136 valence electrons. The minimum absolute atomic E-state index is 0.108. The fraction of sp³-hybridized carbons (Fsp3) is 0.471. The zero-order valence-electron chi connectivity index (χ0n) is 15.4. The third-order valence-corrected chi connectivity index (χ3v) is 2.46. The van der Waals surface area contributed by atoms with Crippen molar-refractivity contribution in [2.75, 3.05) is 12.0 Å². The van der Waals surface area contributed by atoms with Crippen LogP contribution in [0.5, 0.6) is 0 Å². The molecule has 0 radical (unpaired) electrons. The molecule has 0 aromatic heterocycles. The van der Waals surface area contributed by atoms with E-state index in [1.165, 1.54) is 24.6 Å². The Labute approximate surface area is 149 Å². The van der Waals surface area contributed by atoms with Crippen LogP contribution in [0.15, 0.2) is 35.6 Å². The van der Waals surface area contributed by atoms with Crippen LogP contribution in [0.4, 0.5) is 11.4 Å². The van der Waals surface area contributed by atoms with Gasteiger partial charge < -0.3 is 4.74 Å². The minimum Gasteiger partial charge on any atom is -0.493 e. The molecule has 0 heterocycles. The molecule has 0 aliphatic heterocycles. The monoisotopic (exact) mass is 357 g/mol. The molecule has 0 spiro atoms. The Hall–Kier alpha value is -2.08. The maximum atomic E-state index is 10.8. The fourth-order valence-corrected chi connectivity index (χ4v) is 1.41. The standard InChI is InChI=1S/C12H14ClN3O3.C3H8.C2H6/c1-4-19-9(3)8(2)14-15-11-7-10(13)5-6-12(11)16(17)18;1-3-2;1-2/h5-7,15H,3-4H2,1-2H3;3H2,1-2H3;1-2H3/b14-8+;;. The molecule has 1 aromatic carbocycles. The molecule has 1 rings (SSSR count). The second kappa shape index (κ2) is 14.5. The first kappa shape index (κ1) is 24.2. The topological polar surface area (TPSA) is 76.8 Å². The number of anilines is 1. The van der Waals surface area contributed by atoms with Gasteiger partial charge in [-0.25, -0.2) is 0 Å². The second-order valence-corrected chi connectivity index (χ2v) is 4.73. The average Bonchev–Trinajstić information content (AvgIpc) is 2.55. The van der Waals surface area contributed by atoms with Crippen molar-refractivity contribution in [3.05, 3.63) is 45.7 Å². The summed E-state index contributed by atoms with van der Waals surface area (Å²) >= 11 is 5.80. The molecule has 1 aromatic rings. The van der Waals surface area contributed by atoms with E-state index in [0.717, 1.165) is 0 Å². The molecule has 0 unspecified atom stereocenters. The summed E-state index contributed by atoms with van der Waals surface area (Å²) in [7, 11) is 0. The van der Waals surface area contributed by atoms with Crippen LogP contribution in [-0.4, -0.2) is 17.2 Å². The molecule has 7 heteroatoms. The maximum absolute atomic E-state index is 10.8. The second-order valence-electron chi connectivity index (χ2n) is 4.29.